The Labute approximate surface area is 235 Å². The third kappa shape index (κ3) is 6.98. The molecule has 0 bridgehead atoms. The lowest BCUT2D eigenvalue weighted by Gasteiger charge is -2.38. The maximum atomic E-state index is 13.9. The Hall–Kier alpha value is -4.36. The molecule has 1 aliphatic rings. The molecule has 7 nitrogen and oxygen atoms in total. The number of methoxy groups -OCH3 is 2. The lowest BCUT2D eigenvalue weighted by molar-refractivity contribution is -0.130. The minimum absolute atomic E-state index is 0.00395. The Bertz CT molecular complexity index is 1300. The monoisotopic (exact) mass is 541 g/mol. The first-order chi connectivity index (χ1) is 19.4. The van der Waals surface area contributed by atoms with E-state index in [-0.39, 0.29) is 23.1 Å². The second-order valence-electron chi connectivity index (χ2n) is 9.76. The van der Waals surface area contributed by atoms with Gasteiger partial charge in [-0.2, -0.15) is 0 Å². The van der Waals surface area contributed by atoms with E-state index in [4.69, 9.17) is 9.47 Å². The maximum Gasteiger partial charge on any atom is 0.168 e. The van der Waals surface area contributed by atoms with Crippen molar-refractivity contribution < 1.29 is 29.3 Å². The van der Waals surface area contributed by atoms with Crippen molar-refractivity contribution in [3.05, 3.63) is 95.6 Å². The number of allylic oxidation sites excluding steroid dienone is 2. The van der Waals surface area contributed by atoms with E-state index in [2.05, 4.69) is 4.90 Å². The molecule has 0 radical (unpaired) electrons. The Balaban J connectivity index is 1.72. The van der Waals surface area contributed by atoms with Gasteiger partial charge in [0, 0.05) is 0 Å². The molecule has 0 saturated carbocycles. The van der Waals surface area contributed by atoms with Crippen molar-refractivity contribution in [2.24, 2.45) is 5.92 Å². The van der Waals surface area contributed by atoms with Gasteiger partial charge < -0.3 is 19.7 Å². The van der Waals surface area contributed by atoms with E-state index in [1.165, 1.54) is 38.5 Å². The first-order valence-corrected chi connectivity index (χ1v) is 13.4. The first kappa shape index (κ1) is 28.6. The summed E-state index contributed by atoms with van der Waals surface area (Å²) >= 11 is 0. The minimum Gasteiger partial charge on any atom is -0.504 e. The molecular formula is C33H35NO6. The fraction of sp³-hybridized carbons (Fsp3) is 0.273. The number of hydrogen-bond acceptors (Lipinski definition) is 7. The molecule has 0 amide bonds. The van der Waals surface area contributed by atoms with Gasteiger partial charge in [-0.3, -0.25) is 14.5 Å². The van der Waals surface area contributed by atoms with Gasteiger partial charge in [-0.05, 0) is 79.0 Å². The molecule has 1 unspecified atom stereocenters. The van der Waals surface area contributed by atoms with Gasteiger partial charge in [-0.15, -0.1) is 0 Å². The van der Waals surface area contributed by atoms with Crippen LogP contribution in [-0.2, 0) is 9.59 Å². The molecule has 1 aliphatic heterocycles. The molecular weight excluding hydrogens is 506 g/mol. The zero-order valence-electron chi connectivity index (χ0n) is 22.8. The first-order valence-electron chi connectivity index (χ1n) is 13.4. The summed E-state index contributed by atoms with van der Waals surface area (Å²) < 4.78 is 10.4. The number of piperidine rings is 1. The number of hydrogen-bond donors (Lipinski definition) is 2. The van der Waals surface area contributed by atoms with Gasteiger partial charge in [-0.25, -0.2) is 0 Å². The quantitative estimate of drug-likeness (QED) is 0.233. The molecule has 1 atom stereocenters. The Kier molecular flexibility index (Phi) is 9.76. The van der Waals surface area contributed by atoms with E-state index in [0.29, 0.717) is 22.6 Å². The van der Waals surface area contributed by atoms with E-state index in [9.17, 15) is 19.8 Å². The van der Waals surface area contributed by atoms with Crippen LogP contribution < -0.4 is 9.47 Å². The number of ether oxygens (including phenoxy) is 2. The molecule has 208 valence electrons. The van der Waals surface area contributed by atoms with Crippen molar-refractivity contribution in [2.45, 2.75) is 25.3 Å². The number of carbonyl (C=O) groups is 2. The molecule has 3 aromatic carbocycles. The summed E-state index contributed by atoms with van der Waals surface area (Å²) in [6.45, 7) is 1.60. The van der Waals surface area contributed by atoms with Crippen molar-refractivity contribution in [1.29, 1.82) is 0 Å². The molecule has 0 aliphatic carbocycles. The largest absolute Gasteiger partial charge is 0.504 e. The molecule has 2 N–H and O–H groups in total. The zero-order valence-corrected chi connectivity index (χ0v) is 22.8. The predicted octanol–water partition coefficient (Wildman–Crippen LogP) is 5.82. The molecule has 40 heavy (non-hydrogen) atoms. The number of phenolic OH excluding ortho intramolecular Hbond substituents is 2. The molecule has 7 heteroatoms. The summed E-state index contributed by atoms with van der Waals surface area (Å²) in [5.41, 5.74) is 2.24. The SMILES string of the molecule is COc1cc(/C=C/C(=O)C(C(=O)/C=C/c2ccc(O)c(OC)c2)C(c2ccccc2)N2CCCCC2)ccc1O. The normalized spacial score (nSPS) is 15.0. The van der Waals surface area contributed by atoms with Crippen molar-refractivity contribution >= 4 is 23.7 Å². The van der Waals surface area contributed by atoms with E-state index < -0.39 is 12.0 Å². The van der Waals surface area contributed by atoms with Gasteiger partial charge in [-0.1, -0.05) is 61.0 Å². The number of ketones is 2. The van der Waals surface area contributed by atoms with Crippen molar-refractivity contribution in [3.8, 4) is 23.0 Å². The third-order valence-electron chi connectivity index (χ3n) is 7.14. The second kappa shape index (κ2) is 13.6. The van der Waals surface area contributed by atoms with Crippen molar-refractivity contribution in [1.82, 2.24) is 4.90 Å². The lowest BCUT2D eigenvalue weighted by Crippen LogP contribution is -2.42. The molecule has 1 saturated heterocycles. The molecule has 4 rings (SSSR count). The smallest absolute Gasteiger partial charge is 0.168 e. The topological polar surface area (TPSA) is 96.3 Å². The van der Waals surface area contributed by atoms with Crippen LogP contribution in [0, 0.1) is 5.92 Å². The van der Waals surface area contributed by atoms with Crippen LogP contribution in [0.15, 0.2) is 78.9 Å². The molecule has 0 spiro atoms. The number of likely N-dealkylation sites (tertiary alicyclic amines) is 1. The molecule has 0 aromatic heterocycles. The van der Waals surface area contributed by atoms with Crippen LogP contribution in [0.3, 0.4) is 0 Å². The van der Waals surface area contributed by atoms with E-state index in [1.807, 2.05) is 30.3 Å². The highest BCUT2D eigenvalue weighted by Crippen LogP contribution is 2.34. The van der Waals surface area contributed by atoms with Crippen LogP contribution >= 0.6 is 0 Å². The summed E-state index contributed by atoms with van der Waals surface area (Å²) in [5, 5.41) is 19.8. The fourth-order valence-electron chi connectivity index (χ4n) is 5.07. The Morgan fingerprint density at radius 3 is 1.73 bits per heavy atom. The van der Waals surface area contributed by atoms with Gasteiger partial charge in [0.05, 0.1) is 20.3 Å². The highest BCUT2D eigenvalue weighted by molar-refractivity contribution is 6.14. The van der Waals surface area contributed by atoms with Crippen LogP contribution in [-0.4, -0.2) is 54.0 Å². The summed E-state index contributed by atoms with van der Waals surface area (Å²) in [4.78, 5) is 30.0. The van der Waals surface area contributed by atoms with Gasteiger partial charge in [0.2, 0.25) is 0 Å². The van der Waals surface area contributed by atoms with Crippen LogP contribution in [0.5, 0.6) is 23.0 Å². The van der Waals surface area contributed by atoms with Crippen molar-refractivity contribution in [2.75, 3.05) is 27.3 Å². The molecule has 1 fully saturated rings. The van der Waals surface area contributed by atoms with Crippen LogP contribution in [0.25, 0.3) is 12.2 Å². The Morgan fingerprint density at radius 2 is 1.25 bits per heavy atom. The Morgan fingerprint density at radius 1 is 0.750 bits per heavy atom. The van der Waals surface area contributed by atoms with Crippen LogP contribution in [0.4, 0.5) is 0 Å². The van der Waals surface area contributed by atoms with E-state index in [0.717, 1.165) is 37.9 Å². The van der Waals surface area contributed by atoms with Gasteiger partial charge in [0.15, 0.2) is 34.6 Å². The zero-order chi connectivity index (χ0) is 28.5. The van der Waals surface area contributed by atoms with Gasteiger partial charge >= 0.3 is 0 Å². The summed E-state index contributed by atoms with van der Waals surface area (Å²) in [7, 11) is 2.92. The molecule has 1 heterocycles. The third-order valence-corrected chi connectivity index (χ3v) is 7.14. The summed E-state index contributed by atoms with van der Waals surface area (Å²) in [6, 6.07) is 18.9. The highest BCUT2D eigenvalue weighted by Gasteiger charge is 2.37. The van der Waals surface area contributed by atoms with Crippen molar-refractivity contribution in [3.63, 3.8) is 0 Å². The summed E-state index contributed by atoms with van der Waals surface area (Å²) in [5.74, 6) is -1.01. The van der Waals surface area contributed by atoms with Crippen LogP contribution in [0.2, 0.25) is 0 Å². The number of aromatic hydroxyl groups is 2. The lowest BCUT2D eigenvalue weighted by atomic mass is 9.83. The van der Waals surface area contributed by atoms with Crippen LogP contribution in [0.1, 0.15) is 42.0 Å². The number of phenols is 2. The number of nitrogens with zero attached hydrogens (tertiary/aromatic N) is 1. The predicted molar refractivity (Wildman–Crippen MR) is 155 cm³/mol. The second-order valence-corrected chi connectivity index (χ2v) is 9.76. The maximum absolute atomic E-state index is 13.9. The van der Waals surface area contributed by atoms with Gasteiger partial charge in [0.25, 0.3) is 0 Å². The standard InChI is InChI=1S/C33H35NO6/c1-39-30-21-23(11-15-26(30)35)13-17-28(37)32(29(38)18-14-24-12-16-27(36)31(22-24)40-2)33(25-9-5-3-6-10-25)34-19-7-4-8-20-34/h3,5-6,9-18,21-22,32-33,35-36H,4,7-8,19-20H2,1-2H3/b17-13+,18-14+. The minimum atomic E-state index is -0.981. The molecule has 3 aromatic rings. The van der Waals surface area contributed by atoms with Gasteiger partial charge in [0.1, 0.15) is 5.92 Å². The number of rotatable bonds is 11. The number of benzene rings is 3. The summed E-state index contributed by atoms with van der Waals surface area (Å²) in [6.07, 6.45) is 9.28. The number of carbonyl (C=O) groups excluding carboxylic acids is 2. The average Bonchev–Trinajstić information content (AvgIpc) is 2.99. The highest BCUT2D eigenvalue weighted by atomic mass is 16.5. The van der Waals surface area contributed by atoms with E-state index in [1.54, 1.807) is 36.4 Å². The fourth-order valence-corrected chi connectivity index (χ4v) is 5.07. The van der Waals surface area contributed by atoms with E-state index >= 15 is 0 Å². The average molecular weight is 542 g/mol.